The molecule has 2 N–H and O–H groups in total. The number of H-pyrrole nitrogens is 1. The molecule has 4 nitrogen and oxygen atoms in total. The lowest BCUT2D eigenvalue weighted by molar-refractivity contribution is 0.408. The fourth-order valence-corrected chi connectivity index (χ4v) is 1.96. The van der Waals surface area contributed by atoms with Crippen LogP contribution in [-0.4, -0.2) is 10.1 Å². The second kappa shape index (κ2) is 4.43. The maximum absolute atomic E-state index is 4.78. The van der Waals surface area contributed by atoms with Gasteiger partial charge in [0.25, 0.3) is 0 Å². The molecular weight excluding hydrogens is 214 g/mol. The van der Waals surface area contributed by atoms with Crippen LogP contribution >= 0.6 is 0 Å². The molecule has 1 aromatic carbocycles. The van der Waals surface area contributed by atoms with Crippen molar-refractivity contribution in [2.75, 3.05) is 0 Å². The van der Waals surface area contributed by atoms with E-state index in [9.17, 15) is 0 Å². The van der Waals surface area contributed by atoms with Gasteiger partial charge in [-0.2, -0.15) is 0 Å². The van der Waals surface area contributed by atoms with Gasteiger partial charge in [-0.05, 0) is 17.7 Å². The fourth-order valence-electron chi connectivity index (χ4n) is 1.96. The van der Waals surface area contributed by atoms with E-state index in [2.05, 4.69) is 39.7 Å². The van der Waals surface area contributed by atoms with E-state index in [0.717, 1.165) is 18.8 Å². The summed E-state index contributed by atoms with van der Waals surface area (Å²) in [5.41, 5.74) is 3.38. The molecule has 4 heteroatoms. The normalized spacial score (nSPS) is 11.1. The average molecular weight is 227 g/mol. The van der Waals surface area contributed by atoms with Gasteiger partial charge < -0.3 is 14.8 Å². The molecule has 86 valence electrons. The Morgan fingerprint density at radius 2 is 2.18 bits per heavy atom. The van der Waals surface area contributed by atoms with Gasteiger partial charge in [0.1, 0.15) is 6.26 Å². The van der Waals surface area contributed by atoms with Gasteiger partial charge in [-0.1, -0.05) is 17.3 Å². The Morgan fingerprint density at radius 1 is 1.18 bits per heavy atom. The van der Waals surface area contributed by atoms with E-state index in [1.165, 1.54) is 16.5 Å². The number of hydrogen-bond donors (Lipinski definition) is 2. The summed E-state index contributed by atoms with van der Waals surface area (Å²) in [6, 6.07) is 10.2. The summed E-state index contributed by atoms with van der Waals surface area (Å²) in [5, 5.41) is 8.47. The summed E-state index contributed by atoms with van der Waals surface area (Å²) in [4.78, 5) is 3.21. The number of fused-ring (bicyclic) bond motifs is 1. The molecule has 0 aliphatic rings. The van der Waals surface area contributed by atoms with Crippen LogP contribution in [-0.2, 0) is 13.1 Å². The lowest BCUT2D eigenvalue weighted by atomic mass is 10.1. The summed E-state index contributed by atoms with van der Waals surface area (Å²) in [7, 11) is 0. The Morgan fingerprint density at radius 3 is 3.06 bits per heavy atom. The lowest BCUT2D eigenvalue weighted by Crippen LogP contribution is -2.12. The molecule has 3 aromatic rings. The van der Waals surface area contributed by atoms with E-state index in [0.29, 0.717) is 0 Å². The molecule has 0 amide bonds. The second-order valence-corrected chi connectivity index (χ2v) is 3.95. The van der Waals surface area contributed by atoms with Crippen LogP contribution < -0.4 is 5.32 Å². The number of aromatic amines is 1. The van der Waals surface area contributed by atoms with Gasteiger partial charge in [0, 0.05) is 36.3 Å². The van der Waals surface area contributed by atoms with Crippen LogP contribution in [0.1, 0.15) is 11.3 Å². The lowest BCUT2D eigenvalue weighted by Gasteiger charge is -2.04. The highest BCUT2D eigenvalue weighted by atomic mass is 16.5. The molecule has 0 saturated heterocycles. The number of benzene rings is 1. The molecule has 0 radical (unpaired) electrons. The Balaban J connectivity index is 1.70. The number of rotatable bonds is 4. The molecule has 0 unspecified atom stereocenters. The van der Waals surface area contributed by atoms with E-state index in [4.69, 9.17) is 4.52 Å². The monoisotopic (exact) mass is 227 g/mol. The van der Waals surface area contributed by atoms with E-state index in [-0.39, 0.29) is 0 Å². The first-order valence-corrected chi connectivity index (χ1v) is 5.58. The summed E-state index contributed by atoms with van der Waals surface area (Å²) in [6.07, 6.45) is 3.55. The Hall–Kier alpha value is -2.07. The minimum Gasteiger partial charge on any atom is -0.364 e. The quantitative estimate of drug-likeness (QED) is 0.719. The molecule has 0 aliphatic carbocycles. The summed E-state index contributed by atoms with van der Waals surface area (Å²) in [5.74, 6) is 0. The number of nitrogens with one attached hydrogen (secondary N) is 2. The molecule has 2 heterocycles. The standard InChI is InChI=1S/C13H13N3O/c1-2-10(12-4-6-15-13(12)3-1)8-14-9-11-5-7-17-16-11/h1-7,14-15H,8-9H2. The summed E-state index contributed by atoms with van der Waals surface area (Å²) in [6.45, 7) is 1.54. The van der Waals surface area contributed by atoms with Crippen molar-refractivity contribution in [1.29, 1.82) is 0 Å². The predicted octanol–water partition coefficient (Wildman–Crippen LogP) is 2.45. The van der Waals surface area contributed by atoms with Crippen molar-refractivity contribution in [1.82, 2.24) is 15.5 Å². The highest BCUT2D eigenvalue weighted by Crippen LogP contribution is 2.17. The predicted molar refractivity (Wildman–Crippen MR) is 65.3 cm³/mol. The van der Waals surface area contributed by atoms with E-state index in [1.807, 2.05) is 12.3 Å². The number of nitrogens with zero attached hydrogens (tertiary/aromatic N) is 1. The Kier molecular flexibility index (Phi) is 2.63. The SMILES string of the molecule is c1cc(CNCc2ccon2)c2cc[nH]c2c1. The first-order chi connectivity index (χ1) is 8.43. The maximum atomic E-state index is 4.78. The van der Waals surface area contributed by atoms with Gasteiger partial charge >= 0.3 is 0 Å². The van der Waals surface area contributed by atoms with Crippen LogP contribution in [0.4, 0.5) is 0 Å². The molecule has 0 fully saturated rings. The van der Waals surface area contributed by atoms with E-state index >= 15 is 0 Å². The molecule has 0 aliphatic heterocycles. The van der Waals surface area contributed by atoms with Gasteiger partial charge in [0.05, 0.1) is 5.69 Å². The second-order valence-electron chi connectivity index (χ2n) is 3.95. The Labute approximate surface area is 98.6 Å². The molecular formula is C13H13N3O. The highest BCUT2D eigenvalue weighted by Gasteiger charge is 2.01. The third kappa shape index (κ3) is 2.07. The van der Waals surface area contributed by atoms with Crippen LogP contribution in [0.15, 0.2) is 47.3 Å². The number of aromatic nitrogens is 2. The molecule has 0 atom stereocenters. The molecule has 2 aromatic heterocycles. The van der Waals surface area contributed by atoms with Gasteiger partial charge in [0.15, 0.2) is 0 Å². The molecule has 0 spiro atoms. The molecule has 0 bridgehead atoms. The first kappa shape index (κ1) is 10.1. The van der Waals surface area contributed by atoms with Crippen molar-refractivity contribution in [2.24, 2.45) is 0 Å². The van der Waals surface area contributed by atoms with Crippen molar-refractivity contribution in [3.8, 4) is 0 Å². The van der Waals surface area contributed by atoms with Gasteiger partial charge in [-0.3, -0.25) is 0 Å². The largest absolute Gasteiger partial charge is 0.364 e. The third-order valence-electron chi connectivity index (χ3n) is 2.80. The van der Waals surface area contributed by atoms with Crippen molar-refractivity contribution in [3.63, 3.8) is 0 Å². The topological polar surface area (TPSA) is 53.9 Å². The smallest absolute Gasteiger partial charge is 0.124 e. The fraction of sp³-hybridized carbons (Fsp3) is 0.154. The van der Waals surface area contributed by atoms with Crippen LogP contribution in [0.2, 0.25) is 0 Å². The first-order valence-electron chi connectivity index (χ1n) is 5.58. The van der Waals surface area contributed by atoms with Crippen LogP contribution in [0.25, 0.3) is 10.9 Å². The zero-order valence-corrected chi connectivity index (χ0v) is 9.31. The van der Waals surface area contributed by atoms with Gasteiger partial charge in [-0.25, -0.2) is 0 Å². The van der Waals surface area contributed by atoms with Crippen LogP contribution in [0.3, 0.4) is 0 Å². The zero-order valence-electron chi connectivity index (χ0n) is 9.31. The number of hydrogen-bond acceptors (Lipinski definition) is 3. The minimum absolute atomic E-state index is 0.720. The van der Waals surface area contributed by atoms with Gasteiger partial charge in [-0.15, -0.1) is 0 Å². The van der Waals surface area contributed by atoms with Crippen molar-refractivity contribution < 1.29 is 4.52 Å². The maximum Gasteiger partial charge on any atom is 0.124 e. The van der Waals surface area contributed by atoms with E-state index < -0.39 is 0 Å². The average Bonchev–Trinajstić information content (AvgIpc) is 2.99. The molecule has 0 saturated carbocycles. The zero-order chi connectivity index (χ0) is 11.5. The van der Waals surface area contributed by atoms with Gasteiger partial charge in [0.2, 0.25) is 0 Å². The highest BCUT2D eigenvalue weighted by molar-refractivity contribution is 5.82. The Bertz CT molecular complexity index is 598. The van der Waals surface area contributed by atoms with E-state index in [1.54, 1.807) is 6.26 Å². The molecule has 3 rings (SSSR count). The summed E-state index contributed by atoms with van der Waals surface area (Å²) < 4.78 is 4.78. The summed E-state index contributed by atoms with van der Waals surface area (Å²) >= 11 is 0. The molecule has 17 heavy (non-hydrogen) atoms. The van der Waals surface area contributed by atoms with Crippen LogP contribution in [0, 0.1) is 0 Å². The van der Waals surface area contributed by atoms with Crippen LogP contribution in [0.5, 0.6) is 0 Å². The third-order valence-corrected chi connectivity index (χ3v) is 2.80. The van der Waals surface area contributed by atoms with Crippen molar-refractivity contribution in [2.45, 2.75) is 13.1 Å². The van der Waals surface area contributed by atoms with Crippen molar-refractivity contribution in [3.05, 3.63) is 54.0 Å². The van der Waals surface area contributed by atoms with Crippen molar-refractivity contribution >= 4 is 10.9 Å². The minimum atomic E-state index is 0.720.